The standard InChI is InChI=1S/C41H47F3N6O4/c1-27(2)50(30-22-41(43,44)23-30)40(52)32-21-29(42)10-11-35(32)54-37-24-45-26-47-39(37)48-17-13-31(14-18-48)53-36-12-16-46-33-15-19-49(25-28-7-4-3-5-8-28)34(38(33)36)9-6-20-51/h3-5,7-8,10-12,16,21,24,26-27,30-31,34,51H,6,9,13-15,17-20,22-23,25H2,1-2H3. The van der Waals surface area contributed by atoms with Gasteiger partial charge in [0, 0.05) is 94.8 Å². The monoisotopic (exact) mass is 744 g/mol. The molecule has 13 heteroatoms. The number of anilines is 1. The van der Waals surface area contributed by atoms with Crippen LogP contribution in [0.5, 0.6) is 17.2 Å². The highest BCUT2D eigenvalue weighted by Gasteiger charge is 2.50. The number of amides is 1. The molecule has 4 aromatic rings. The van der Waals surface area contributed by atoms with Gasteiger partial charge in [0.1, 0.15) is 29.7 Å². The fourth-order valence-electron chi connectivity index (χ4n) is 8.01. The van der Waals surface area contributed by atoms with Gasteiger partial charge in [0.2, 0.25) is 0 Å². The maximum absolute atomic E-state index is 14.6. The first kappa shape index (κ1) is 37.6. The lowest BCUT2D eigenvalue weighted by atomic mass is 9.85. The minimum absolute atomic E-state index is 0.0545. The summed E-state index contributed by atoms with van der Waals surface area (Å²) in [5, 5.41) is 9.77. The molecule has 10 nitrogen and oxygen atoms in total. The number of fused-ring (bicyclic) bond motifs is 1. The summed E-state index contributed by atoms with van der Waals surface area (Å²) in [6.45, 7) is 6.51. The third kappa shape index (κ3) is 8.32. The van der Waals surface area contributed by atoms with Crippen molar-refractivity contribution in [2.45, 2.75) is 95.5 Å². The van der Waals surface area contributed by atoms with Crippen LogP contribution in [-0.4, -0.2) is 86.1 Å². The van der Waals surface area contributed by atoms with Crippen LogP contribution in [0.15, 0.2) is 73.3 Å². The molecule has 3 aliphatic rings. The minimum atomic E-state index is -2.82. The van der Waals surface area contributed by atoms with Crippen LogP contribution >= 0.6 is 0 Å². The number of nitrogens with zero attached hydrogens (tertiary/aromatic N) is 6. The number of aliphatic hydroxyl groups excluding tert-OH is 1. The summed E-state index contributed by atoms with van der Waals surface area (Å²) in [4.78, 5) is 33.2. The van der Waals surface area contributed by atoms with Gasteiger partial charge in [-0.05, 0) is 56.5 Å². The van der Waals surface area contributed by atoms with Gasteiger partial charge >= 0.3 is 0 Å². The van der Waals surface area contributed by atoms with E-state index in [-0.39, 0.29) is 41.9 Å². The zero-order chi connectivity index (χ0) is 37.8. The number of hydrogen-bond donors (Lipinski definition) is 1. The Bertz CT molecular complexity index is 1900. The molecule has 0 bridgehead atoms. The average molecular weight is 745 g/mol. The molecular formula is C41H47F3N6O4. The lowest BCUT2D eigenvalue weighted by Crippen LogP contribution is -2.55. The third-order valence-electron chi connectivity index (χ3n) is 10.6. The van der Waals surface area contributed by atoms with Crippen LogP contribution in [0.2, 0.25) is 0 Å². The predicted molar refractivity (Wildman–Crippen MR) is 197 cm³/mol. The molecule has 54 heavy (non-hydrogen) atoms. The van der Waals surface area contributed by atoms with Crippen molar-refractivity contribution in [3.8, 4) is 17.2 Å². The second-order valence-electron chi connectivity index (χ2n) is 14.7. The van der Waals surface area contributed by atoms with Crippen molar-refractivity contribution < 1.29 is 32.5 Å². The lowest BCUT2D eigenvalue weighted by molar-refractivity contribution is -0.120. The number of piperidine rings is 1. The first-order valence-electron chi connectivity index (χ1n) is 18.9. The normalized spacial score (nSPS) is 18.9. The fraction of sp³-hybridized carbons (Fsp3) is 0.463. The van der Waals surface area contributed by atoms with Gasteiger partial charge in [-0.25, -0.2) is 23.1 Å². The molecule has 0 spiro atoms. The Morgan fingerprint density at radius 3 is 2.52 bits per heavy atom. The molecule has 0 radical (unpaired) electrons. The van der Waals surface area contributed by atoms with Crippen LogP contribution < -0.4 is 14.4 Å². The Morgan fingerprint density at radius 1 is 1.02 bits per heavy atom. The zero-order valence-corrected chi connectivity index (χ0v) is 30.7. The molecule has 1 unspecified atom stereocenters. The van der Waals surface area contributed by atoms with E-state index in [4.69, 9.17) is 14.5 Å². The number of carbonyl (C=O) groups excluding carboxylic acids is 1. The number of alkyl halides is 2. The van der Waals surface area contributed by atoms with Crippen molar-refractivity contribution in [1.29, 1.82) is 0 Å². The van der Waals surface area contributed by atoms with Crippen LogP contribution in [0, 0.1) is 5.82 Å². The Kier molecular flexibility index (Phi) is 11.4. The van der Waals surface area contributed by atoms with E-state index in [0.717, 1.165) is 49.0 Å². The van der Waals surface area contributed by atoms with Gasteiger partial charge in [-0.3, -0.25) is 14.7 Å². The van der Waals surface area contributed by atoms with E-state index >= 15 is 0 Å². The zero-order valence-electron chi connectivity index (χ0n) is 30.7. The highest BCUT2D eigenvalue weighted by atomic mass is 19.3. The van der Waals surface area contributed by atoms with E-state index in [1.807, 2.05) is 18.3 Å². The predicted octanol–water partition coefficient (Wildman–Crippen LogP) is 7.37. The van der Waals surface area contributed by atoms with Crippen molar-refractivity contribution in [3.05, 3.63) is 102 Å². The van der Waals surface area contributed by atoms with Crippen LogP contribution in [-0.2, 0) is 13.0 Å². The molecule has 2 aromatic heterocycles. The molecule has 1 saturated carbocycles. The summed E-state index contributed by atoms with van der Waals surface area (Å²) < 4.78 is 55.2. The molecule has 1 aliphatic carbocycles. The lowest BCUT2D eigenvalue weighted by Gasteiger charge is -2.44. The van der Waals surface area contributed by atoms with Crippen LogP contribution in [0.25, 0.3) is 0 Å². The van der Waals surface area contributed by atoms with Gasteiger partial charge in [0.25, 0.3) is 11.8 Å². The highest BCUT2D eigenvalue weighted by Crippen LogP contribution is 2.43. The highest BCUT2D eigenvalue weighted by molar-refractivity contribution is 5.97. The minimum Gasteiger partial charge on any atom is -0.490 e. The van der Waals surface area contributed by atoms with E-state index in [0.29, 0.717) is 38.2 Å². The third-order valence-corrected chi connectivity index (χ3v) is 10.6. The summed E-state index contributed by atoms with van der Waals surface area (Å²) >= 11 is 0. The average Bonchev–Trinajstić information content (AvgIpc) is 3.15. The fourth-order valence-corrected chi connectivity index (χ4v) is 8.01. The molecule has 1 atom stereocenters. The Labute approximate surface area is 314 Å². The second kappa shape index (κ2) is 16.3. The number of aliphatic hydroxyl groups is 1. The molecule has 2 aromatic carbocycles. The Hall–Kier alpha value is -4.75. The second-order valence-corrected chi connectivity index (χ2v) is 14.7. The van der Waals surface area contributed by atoms with Gasteiger partial charge in [-0.1, -0.05) is 30.3 Å². The summed E-state index contributed by atoms with van der Waals surface area (Å²) in [7, 11) is 0. The molecule has 4 heterocycles. The molecule has 1 N–H and O–H groups in total. The van der Waals surface area contributed by atoms with Gasteiger partial charge < -0.3 is 24.4 Å². The van der Waals surface area contributed by atoms with E-state index in [1.54, 1.807) is 13.8 Å². The SMILES string of the molecule is CC(C)N(C(=O)c1cc(F)ccc1Oc1cncnc1N1CCC(Oc2ccnc3c2C(CCCO)N(Cc2ccccc2)CC3)CC1)C1CC(F)(F)C1. The Morgan fingerprint density at radius 2 is 1.80 bits per heavy atom. The van der Waals surface area contributed by atoms with Gasteiger partial charge in [-0.15, -0.1) is 0 Å². The molecule has 7 rings (SSSR count). The first-order chi connectivity index (χ1) is 26.1. The van der Waals surface area contributed by atoms with Crippen LogP contribution in [0.3, 0.4) is 0 Å². The molecule has 1 amide bonds. The quantitative estimate of drug-likeness (QED) is 0.150. The van der Waals surface area contributed by atoms with Crippen molar-refractivity contribution in [2.75, 3.05) is 31.1 Å². The van der Waals surface area contributed by atoms with Crippen molar-refractivity contribution in [3.63, 3.8) is 0 Å². The van der Waals surface area contributed by atoms with Gasteiger partial charge in [0.15, 0.2) is 11.6 Å². The molecule has 2 aliphatic heterocycles. The van der Waals surface area contributed by atoms with Crippen LogP contribution in [0.4, 0.5) is 19.0 Å². The topological polar surface area (TPSA) is 104 Å². The maximum atomic E-state index is 14.6. The van der Waals surface area contributed by atoms with Crippen molar-refractivity contribution in [1.82, 2.24) is 24.8 Å². The summed E-state index contributed by atoms with van der Waals surface area (Å²) in [5.74, 6) is -2.30. The van der Waals surface area contributed by atoms with E-state index in [9.17, 15) is 23.1 Å². The summed E-state index contributed by atoms with van der Waals surface area (Å²) in [5.41, 5.74) is 3.33. The molecule has 1 saturated heterocycles. The number of hydrogen-bond acceptors (Lipinski definition) is 9. The number of benzene rings is 2. The van der Waals surface area contributed by atoms with E-state index in [2.05, 4.69) is 44.0 Å². The number of ether oxygens (including phenoxy) is 2. The van der Waals surface area contributed by atoms with E-state index < -0.39 is 36.5 Å². The summed E-state index contributed by atoms with van der Waals surface area (Å²) in [6.07, 6.45) is 7.51. The largest absolute Gasteiger partial charge is 0.490 e. The number of pyridine rings is 1. The molecule has 2 fully saturated rings. The summed E-state index contributed by atoms with van der Waals surface area (Å²) in [6, 6.07) is 15.1. The maximum Gasteiger partial charge on any atom is 0.258 e. The van der Waals surface area contributed by atoms with Crippen LogP contribution in [0.1, 0.15) is 85.6 Å². The van der Waals surface area contributed by atoms with Crippen molar-refractivity contribution >= 4 is 11.7 Å². The van der Waals surface area contributed by atoms with Gasteiger partial charge in [0.05, 0.1) is 17.5 Å². The number of rotatable bonds is 13. The number of halogens is 3. The van der Waals surface area contributed by atoms with Crippen molar-refractivity contribution in [2.24, 2.45) is 0 Å². The first-order valence-corrected chi connectivity index (χ1v) is 18.9. The number of carbonyl (C=O) groups is 1. The number of aromatic nitrogens is 3. The smallest absolute Gasteiger partial charge is 0.258 e. The van der Waals surface area contributed by atoms with E-state index in [1.165, 1.54) is 35.1 Å². The van der Waals surface area contributed by atoms with Gasteiger partial charge in [-0.2, -0.15) is 0 Å². The molecule has 286 valence electrons. The molecular weight excluding hydrogens is 697 g/mol. The Balaban J connectivity index is 1.05.